The maximum absolute atomic E-state index is 12.5. The number of ether oxygens (including phenoxy) is 1. The fraction of sp³-hybridized carbons (Fsp3) is 0.192. The maximum Gasteiger partial charge on any atom is 0.245 e. The molecule has 0 radical (unpaired) electrons. The molecule has 1 saturated heterocycles. The molecule has 0 saturated carbocycles. The van der Waals surface area contributed by atoms with E-state index < -0.39 is 5.92 Å². The minimum Gasteiger partial charge on any atom is -0.489 e. The quantitative estimate of drug-likeness (QED) is 0.408. The predicted octanol–water partition coefficient (Wildman–Crippen LogP) is 4.73. The second-order valence-corrected chi connectivity index (χ2v) is 8.33. The summed E-state index contributed by atoms with van der Waals surface area (Å²) in [5.74, 6) is -0.117. The summed E-state index contributed by atoms with van der Waals surface area (Å²) >= 11 is 6.17. The first-order valence-electron chi connectivity index (χ1n) is 10.7. The highest BCUT2D eigenvalue weighted by molar-refractivity contribution is 6.31. The number of carbonyl (C=O) groups excluding carboxylic acids is 2. The maximum atomic E-state index is 12.5. The molecule has 4 rings (SSSR count). The Morgan fingerprint density at radius 2 is 1.94 bits per heavy atom. The SMILES string of the molecule is Cc1ccc(N2C[C@@H](C(=O)N/N=C/c3cccc(OCc4ccccc4Cl)c3)CC2=O)cc1. The van der Waals surface area contributed by atoms with Crippen LogP contribution < -0.4 is 15.1 Å². The monoisotopic (exact) mass is 461 g/mol. The second kappa shape index (κ2) is 10.3. The van der Waals surface area contributed by atoms with Crippen molar-refractivity contribution in [3.8, 4) is 5.75 Å². The van der Waals surface area contributed by atoms with Crippen LogP contribution in [0.3, 0.4) is 0 Å². The summed E-state index contributed by atoms with van der Waals surface area (Å²) in [5, 5.41) is 4.72. The molecule has 0 unspecified atom stereocenters. The third-order valence-corrected chi connectivity index (χ3v) is 5.81. The highest BCUT2D eigenvalue weighted by Gasteiger charge is 2.35. The molecule has 1 fully saturated rings. The molecule has 0 bridgehead atoms. The summed E-state index contributed by atoms with van der Waals surface area (Å²) in [6.45, 7) is 2.68. The molecule has 1 N–H and O–H groups in total. The number of aryl methyl sites for hydroxylation is 1. The molecule has 7 heteroatoms. The van der Waals surface area contributed by atoms with E-state index in [-0.39, 0.29) is 18.2 Å². The van der Waals surface area contributed by atoms with Gasteiger partial charge in [-0.1, -0.05) is 59.6 Å². The molecular formula is C26H24ClN3O3. The smallest absolute Gasteiger partial charge is 0.245 e. The highest BCUT2D eigenvalue weighted by atomic mass is 35.5. The lowest BCUT2D eigenvalue weighted by atomic mass is 10.1. The van der Waals surface area contributed by atoms with Crippen LogP contribution >= 0.6 is 11.6 Å². The molecule has 1 atom stereocenters. The van der Waals surface area contributed by atoms with Gasteiger partial charge in [0.1, 0.15) is 12.4 Å². The second-order valence-electron chi connectivity index (χ2n) is 7.93. The van der Waals surface area contributed by atoms with Crippen LogP contribution in [0.25, 0.3) is 0 Å². The van der Waals surface area contributed by atoms with Crippen LogP contribution in [-0.2, 0) is 16.2 Å². The molecule has 3 aromatic carbocycles. The van der Waals surface area contributed by atoms with Gasteiger partial charge in [-0.15, -0.1) is 0 Å². The number of halogens is 1. The average molecular weight is 462 g/mol. The van der Waals surface area contributed by atoms with Crippen molar-refractivity contribution in [3.63, 3.8) is 0 Å². The van der Waals surface area contributed by atoms with Crippen molar-refractivity contribution < 1.29 is 14.3 Å². The number of hydrogen-bond donors (Lipinski definition) is 1. The van der Waals surface area contributed by atoms with Crippen LogP contribution in [0, 0.1) is 12.8 Å². The molecule has 2 amide bonds. The minimum absolute atomic E-state index is 0.0636. The van der Waals surface area contributed by atoms with E-state index in [0.717, 1.165) is 22.4 Å². The number of rotatable bonds is 7. The molecule has 0 aromatic heterocycles. The van der Waals surface area contributed by atoms with Gasteiger partial charge >= 0.3 is 0 Å². The fourth-order valence-corrected chi connectivity index (χ4v) is 3.77. The van der Waals surface area contributed by atoms with Crippen molar-refractivity contribution in [1.82, 2.24) is 5.43 Å². The van der Waals surface area contributed by atoms with Crippen LogP contribution in [0.15, 0.2) is 77.9 Å². The number of nitrogens with one attached hydrogen (secondary N) is 1. The van der Waals surface area contributed by atoms with E-state index in [0.29, 0.717) is 23.9 Å². The van der Waals surface area contributed by atoms with Gasteiger partial charge in [0.15, 0.2) is 0 Å². The molecule has 1 heterocycles. The van der Waals surface area contributed by atoms with Crippen molar-refractivity contribution in [2.45, 2.75) is 20.0 Å². The molecule has 1 aliphatic heterocycles. The van der Waals surface area contributed by atoms with Crippen LogP contribution in [0.2, 0.25) is 5.02 Å². The number of nitrogens with zero attached hydrogens (tertiary/aromatic N) is 2. The lowest BCUT2D eigenvalue weighted by Gasteiger charge is -2.16. The van der Waals surface area contributed by atoms with E-state index in [1.807, 2.05) is 79.7 Å². The van der Waals surface area contributed by atoms with E-state index in [2.05, 4.69) is 10.5 Å². The first kappa shape index (κ1) is 22.6. The summed E-state index contributed by atoms with van der Waals surface area (Å²) in [6.07, 6.45) is 1.72. The van der Waals surface area contributed by atoms with Gasteiger partial charge in [0.05, 0.1) is 12.1 Å². The Hall–Kier alpha value is -3.64. The standard InChI is InChI=1S/C26H24ClN3O3/c1-18-9-11-22(12-10-18)30-16-21(14-25(30)31)26(32)29-28-15-19-5-4-7-23(13-19)33-17-20-6-2-3-8-24(20)27/h2-13,15,21H,14,16-17H2,1H3,(H,29,32)/b28-15+/t21-/m0/s1. The van der Waals surface area contributed by atoms with Crippen molar-refractivity contribution in [2.24, 2.45) is 11.0 Å². The van der Waals surface area contributed by atoms with Crippen molar-refractivity contribution in [3.05, 3.63) is 94.5 Å². The first-order chi connectivity index (χ1) is 16.0. The van der Waals surface area contributed by atoms with Gasteiger partial charge in [-0.05, 0) is 42.8 Å². The Labute approximate surface area is 197 Å². The van der Waals surface area contributed by atoms with E-state index in [1.54, 1.807) is 11.1 Å². The molecule has 33 heavy (non-hydrogen) atoms. The van der Waals surface area contributed by atoms with Gasteiger partial charge in [-0.3, -0.25) is 9.59 Å². The predicted molar refractivity (Wildman–Crippen MR) is 130 cm³/mol. The Morgan fingerprint density at radius 1 is 1.15 bits per heavy atom. The van der Waals surface area contributed by atoms with Gasteiger partial charge in [0.25, 0.3) is 0 Å². The zero-order valence-electron chi connectivity index (χ0n) is 18.2. The Morgan fingerprint density at radius 3 is 2.73 bits per heavy atom. The van der Waals surface area contributed by atoms with Gasteiger partial charge in [0.2, 0.25) is 11.8 Å². The molecule has 0 aliphatic carbocycles. The van der Waals surface area contributed by atoms with E-state index in [9.17, 15) is 9.59 Å². The summed E-state index contributed by atoms with van der Waals surface area (Å²) < 4.78 is 5.82. The van der Waals surface area contributed by atoms with Crippen LogP contribution in [0.5, 0.6) is 5.75 Å². The molecule has 3 aromatic rings. The largest absolute Gasteiger partial charge is 0.489 e. The minimum atomic E-state index is -0.443. The van der Waals surface area contributed by atoms with E-state index in [4.69, 9.17) is 16.3 Å². The number of carbonyl (C=O) groups is 2. The molecule has 6 nitrogen and oxygen atoms in total. The van der Waals surface area contributed by atoms with Crippen LogP contribution in [-0.4, -0.2) is 24.6 Å². The molecular weight excluding hydrogens is 438 g/mol. The van der Waals surface area contributed by atoms with Crippen molar-refractivity contribution in [2.75, 3.05) is 11.4 Å². The fourth-order valence-electron chi connectivity index (χ4n) is 3.58. The topological polar surface area (TPSA) is 71.0 Å². The number of anilines is 1. The molecule has 168 valence electrons. The van der Waals surface area contributed by atoms with Gasteiger partial charge in [-0.25, -0.2) is 5.43 Å². The van der Waals surface area contributed by atoms with Crippen molar-refractivity contribution in [1.29, 1.82) is 0 Å². The number of hydrazone groups is 1. The molecule has 1 aliphatic rings. The lowest BCUT2D eigenvalue weighted by molar-refractivity contribution is -0.126. The van der Waals surface area contributed by atoms with Gasteiger partial charge < -0.3 is 9.64 Å². The van der Waals surface area contributed by atoms with Crippen LogP contribution in [0.4, 0.5) is 5.69 Å². The van der Waals surface area contributed by atoms with E-state index in [1.165, 1.54) is 0 Å². The summed E-state index contributed by atoms with van der Waals surface area (Å²) in [5.41, 5.74) is 6.15. The Bertz CT molecular complexity index is 1180. The molecule has 0 spiro atoms. The Kier molecular flexibility index (Phi) is 7.05. The summed E-state index contributed by atoms with van der Waals surface area (Å²) in [6, 6.07) is 22.6. The van der Waals surface area contributed by atoms with E-state index >= 15 is 0 Å². The van der Waals surface area contributed by atoms with Crippen LogP contribution in [0.1, 0.15) is 23.1 Å². The zero-order chi connectivity index (χ0) is 23.2. The highest BCUT2D eigenvalue weighted by Crippen LogP contribution is 2.25. The van der Waals surface area contributed by atoms with Gasteiger partial charge in [0, 0.05) is 29.2 Å². The number of benzene rings is 3. The van der Waals surface area contributed by atoms with Gasteiger partial charge in [-0.2, -0.15) is 5.10 Å². The summed E-state index contributed by atoms with van der Waals surface area (Å²) in [7, 11) is 0. The van der Waals surface area contributed by atoms with Crippen molar-refractivity contribution >= 4 is 35.3 Å². The third-order valence-electron chi connectivity index (χ3n) is 5.44. The zero-order valence-corrected chi connectivity index (χ0v) is 19.0. The summed E-state index contributed by atoms with van der Waals surface area (Å²) in [4.78, 5) is 26.6. The number of amides is 2. The normalized spacial score (nSPS) is 15.8. The average Bonchev–Trinajstić information content (AvgIpc) is 3.21. The third kappa shape index (κ3) is 5.79. The first-order valence-corrected chi connectivity index (χ1v) is 11.0. The lowest BCUT2D eigenvalue weighted by Crippen LogP contribution is -2.30. The Balaban J connectivity index is 1.31. The number of hydrogen-bond acceptors (Lipinski definition) is 4.